The number of imidazole rings is 1. The molecule has 1 fully saturated rings. The van der Waals surface area contributed by atoms with Gasteiger partial charge in [-0.25, -0.2) is 4.98 Å². The Hall–Kier alpha value is -2.18. The summed E-state index contributed by atoms with van der Waals surface area (Å²) >= 11 is 0. The van der Waals surface area contributed by atoms with Crippen LogP contribution in [-0.4, -0.2) is 41.3 Å². The molecule has 6 heteroatoms. The molecule has 0 radical (unpaired) electrons. The van der Waals surface area contributed by atoms with Gasteiger partial charge in [-0.15, -0.1) is 0 Å². The van der Waals surface area contributed by atoms with E-state index in [4.69, 9.17) is 4.74 Å². The van der Waals surface area contributed by atoms with Crippen molar-refractivity contribution < 1.29 is 9.53 Å². The van der Waals surface area contributed by atoms with Crippen molar-refractivity contribution in [3.63, 3.8) is 0 Å². The lowest BCUT2D eigenvalue weighted by Gasteiger charge is -2.34. The molecule has 1 aromatic carbocycles. The van der Waals surface area contributed by atoms with Gasteiger partial charge < -0.3 is 19.9 Å². The summed E-state index contributed by atoms with van der Waals surface area (Å²) < 4.78 is 7.75. The van der Waals surface area contributed by atoms with Gasteiger partial charge in [0.05, 0.1) is 0 Å². The Morgan fingerprint density at radius 2 is 2.15 bits per heavy atom. The third-order valence-electron chi connectivity index (χ3n) is 5.02. The quantitative estimate of drug-likeness (QED) is 0.835. The minimum atomic E-state index is -0.740. The zero-order valence-corrected chi connectivity index (χ0v) is 15.8. The third kappa shape index (κ3) is 3.97. The van der Waals surface area contributed by atoms with Gasteiger partial charge in [0.2, 0.25) is 0 Å². The van der Waals surface area contributed by atoms with Crippen LogP contribution in [0.4, 0.5) is 5.69 Å². The highest BCUT2D eigenvalue weighted by Gasteiger charge is 2.39. The predicted octanol–water partition coefficient (Wildman–Crippen LogP) is 2.76. The maximum Gasteiger partial charge on any atom is 0.256 e. The van der Waals surface area contributed by atoms with Crippen LogP contribution in [0.1, 0.15) is 44.0 Å². The van der Waals surface area contributed by atoms with Crippen molar-refractivity contribution in [2.24, 2.45) is 0 Å². The Balaban J connectivity index is 1.73. The SMILES string of the molecule is COC1(C(=O)Nc2cccc(Cn3ccnc3C(C)C)c2)CCNCC1. The first kappa shape index (κ1) is 18.6. The molecule has 1 aromatic heterocycles. The average molecular weight is 356 g/mol. The topological polar surface area (TPSA) is 68.2 Å². The van der Waals surface area contributed by atoms with E-state index in [1.165, 1.54) is 0 Å². The van der Waals surface area contributed by atoms with Crippen molar-refractivity contribution in [3.8, 4) is 0 Å². The Kier molecular flexibility index (Phi) is 5.74. The molecule has 1 aliphatic rings. The van der Waals surface area contributed by atoms with Crippen LogP contribution < -0.4 is 10.6 Å². The summed E-state index contributed by atoms with van der Waals surface area (Å²) in [5.74, 6) is 1.37. The van der Waals surface area contributed by atoms with Gasteiger partial charge in [-0.1, -0.05) is 26.0 Å². The normalized spacial score (nSPS) is 16.6. The molecule has 0 unspecified atom stereocenters. The highest BCUT2D eigenvalue weighted by atomic mass is 16.5. The van der Waals surface area contributed by atoms with E-state index in [0.717, 1.165) is 36.7 Å². The van der Waals surface area contributed by atoms with E-state index in [1.54, 1.807) is 7.11 Å². The summed E-state index contributed by atoms with van der Waals surface area (Å²) in [7, 11) is 1.62. The lowest BCUT2D eigenvalue weighted by molar-refractivity contribution is -0.140. The van der Waals surface area contributed by atoms with Gasteiger partial charge >= 0.3 is 0 Å². The molecule has 3 rings (SSSR count). The molecule has 1 saturated heterocycles. The number of nitrogens with one attached hydrogen (secondary N) is 2. The fourth-order valence-corrected chi connectivity index (χ4v) is 3.50. The number of aromatic nitrogens is 2. The molecule has 0 bridgehead atoms. The number of amides is 1. The van der Waals surface area contributed by atoms with Crippen LogP contribution in [0.25, 0.3) is 0 Å². The number of methoxy groups -OCH3 is 1. The summed E-state index contributed by atoms with van der Waals surface area (Å²) in [5.41, 5.74) is 1.18. The van der Waals surface area contributed by atoms with Gasteiger partial charge in [-0.3, -0.25) is 4.79 Å². The van der Waals surface area contributed by atoms with Crippen LogP contribution in [0, 0.1) is 0 Å². The number of benzene rings is 1. The zero-order chi connectivity index (χ0) is 18.6. The first-order valence-corrected chi connectivity index (χ1v) is 9.21. The number of rotatable bonds is 6. The molecule has 0 spiro atoms. The molecule has 140 valence electrons. The Bertz CT molecular complexity index is 748. The van der Waals surface area contributed by atoms with E-state index in [1.807, 2.05) is 30.6 Å². The van der Waals surface area contributed by atoms with Crippen molar-refractivity contribution in [2.45, 2.75) is 44.8 Å². The lowest BCUT2D eigenvalue weighted by atomic mass is 9.91. The van der Waals surface area contributed by atoms with Crippen molar-refractivity contribution in [2.75, 3.05) is 25.5 Å². The minimum Gasteiger partial charge on any atom is -0.368 e. The average Bonchev–Trinajstić information content (AvgIpc) is 3.11. The van der Waals surface area contributed by atoms with Crippen molar-refractivity contribution in [1.82, 2.24) is 14.9 Å². The number of carbonyl (C=O) groups is 1. The maximum atomic E-state index is 12.8. The van der Waals surface area contributed by atoms with Gasteiger partial charge in [0.15, 0.2) is 0 Å². The highest BCUT2D eigenvalue weighted by molar-refractivity contribution is 5.97. The summed E-state index contributed by atoms with van der Waals surface area (Å²) in [4.78, 5) is 17.2. The van der Waals surface area contributed by atoms with E-state index in [9.17, 15) is 4.79 Å². The summed E-state index contributed by atoms with van der Waals surface area (Å²) in [6.45, 7) is 6.59. The largest absolute Gasteiger partial charge is 0.368 e. The zero-order valence-electron chi connectivity index (χ0n) is 15.8. The monoisotopic (exact) mass is 356 g/mol. The Morgan fingerprint density at radius 3 is 2.85 bits per heavy atom. The summed E-state index contributed by atoms with van der Waals surface area (Å²) in [6, 6.07) is 7.98. The number of hydrogen-bond donors (Lipinski definition) is 2. The Labute approximate surface area is 155 Å². The summed E-state index contributed by atoms with van der Waals surface area (Å²) in [5, 5.41) is 6.32. The van der Waals surface area contributed by atoms with Crippen LogP contribution in [0.3, 0.4) is 0 Å². The van der Waals surface area contributed by atoms with Crippen molar-refractivity contribution in [1.29, 1.82) is 0 Å². The number of carbonyl (C=O) groups excluding carboxylic acids is 1. The van der Waals surface area contributed by atoms with Gasteiger partial charge in [0.25, 0.3) is 5.91 Å². The predicted molar refractivity (Wildman–Crippen MR) is 102 cm³/mol. The smallest absolute Gasteiger partial charge is 0.256 e. The molecule has 26 heavy (non-hydrogen) atoms. The molecule has 2 aromatic rings. The van der Waals surface area contributed by atoms with E-state index < -0.39 is 5.60 Å². The van der Waals surface area contributed by atoms with E-state index in [0.29, 0.717) is 18.8 Å². The molecular formula is C20H28N4O2. The molecule has 1 aliphatic heterocycles. The fraction of sp³-hybridized carbons (Fsp3) is 0.500. The number of nitrogens with zero attached hydrogens (tertiary/aromatic N) is 2. The number of piperidine rings is 1. The van der Waals surface area contributed by atoms with Gasteiger partial charge in [-0.05, 0) is 43.6 Å². The first-order chi connectivity index (χ1) is 12.5. The third-order valence-corrected chi connectivity index (χ3v) is 5.02. The summed E-state index contributed by atoms with van der Waals surface area (Å²) in [6.07, 6.45) is 5.19. The molecule has 2 heterocycles. The van der Waals surface area contributed by atoms with E-state index in [-0.39, 0.29) is 5.91 Å². The second-order valence-corrected chi connectivity index (χ2v) is 7.17. The molecular weight excluding hydrogens is 328 g/mol. The standard InChI is InChI=1S/C20H28N4O2/c1-15(2)18-22-11-12-24(18)14-16-5-4-6-17(13-16)23-19(25)20(26-3)7-9-21-10-8-20/h4-6,11-13,15,21H,7-10,14H2,1-3H3,(H,23,25). The van der Waals surface area contributed by atoms with Crippen LogP contribution in [0.15, 0.2) is 36.7 Å². The molecule has 1 amide bonds. The molecule has 0 atom stereocenters. The van der Waals surface area contributed by atoms with Crippen LogP contribution in [-0.2, 0) is 16.1 Å². The second-order valence-electron chi connectivity index (χ2n) is 7.17. The van der Waals surface area contributed by atoms with Crippen molar-refractivity contribution in [3.05, 3.63) is 48.0 Å². The molecule has 6 nitrogen and oxygen atoms in total. The maximum absolute atomic E-state index is 12.8. The van der Waals surface area contributed by atoms with Crippen LogP contribution >= 0.6 is 0 Å². The highest BCUT2D eigenvalue weighted by Crippen LogP contribution is 2.25. The van der Waals surface area contributed by atoms with Gasteiger partial charge in [-0.2, -0.15) is 0 Å². The number of hydrogen-bond acceptors (Lipinski definition) is 4. The van der Waals surface area contributed by atoms with E-state index >= 15 is 0 Å². The molecule has 2 N–H and O–H groups in total. The second kappa shape index (κ2) is 8.01. The van der Waals surface area contributed by atoms with Crippen LogP contribution in [0.5, 0.6) is 0 Å². The van der Waals surface area contributed by atoms with E-state index in [2.05, 4.69) is 40.1 Å². The number of ether oxygens (including phenoxy) is 1. The first-order valence-electron chi connectivity index (χ1n) is 9.21. The van der Waals surface area contributed by atoms with Gasteiger partial charge in [0, 0.05) is 37.7 Å². The van der Waals surface area contributed by atoms with Crippen LogP contribution in [0.2, 0.25) is 0 Å². The molecule has 0 saturated carbocycles. The lowest BCUT2D eigenvalue weighted by Crippen LogP contribution is -2.51. The fourth-order valence-electron chi connectivity index (χ4n) is 3.50. The minimum absolute atomic E-state index is 0.0656. The van der Waals surface area contributed by atoms with Crippen molar-refractivity contribution >= 4 is 11.6 Å². The number of anilines is 1. The molecule has 0 aliphatic carbocycles. The van der Waals surface area contributed by atoms with Gasteiger partial charge in [0.1, 0.15) is 11.4 Å². The Morgan fingerprint density at radius 1 is 1.38 bits per heavy atom.